The molecule has 3 aromatic rings. The van der Waals surface area contributed by atoms with Gasteiger partial charge in [0.25, 0.3) is 5.91 Å². The Morgan fingerprint density at radius 2 is 1.84 bits per heavy atom. The summed E-state index contributed by atoms with van der Waals surface area (Å²) in [5, 5.41) is 12.2. The maximum absolute atomic E-state index is 12.3. The fraction of sp³-hybridized carbons (Fsp3) is 0.0833. The molecule has 0 saturated carbocycles. The number of benzene rings is 3. The summed E-state index contributed by atoms with van der Waals surface area (Å²) in [6.07, 6.45) is 1.30. The molecule has 8 heteroatoms. The first-order valence-corrected chi connectivity index (χ1v) is 10.6. The number of rotatable bonds is 8. The molecular weight excluding hydrogens is 498 g/mol. The molecule has 0 bridgehead atoms. The Hall–Kier alpha value is -3.29. The number of amides is 1. The zero-order valence-corrected chi connectivity index (χ0v) is 19.3. The van der Waals surface area contributed by atoms with Gasteiger partial charge in [-0.3, -0.25) is 4.79 Å². The summed E-state index contributed by atoms with van der Waals surface area (Å²) >= 11 is 9.81. The van der Waals surface area contributed by atoms with Crippen LogP contribution in [-0.4, -0.2) is 24.1 Å². The van der Waals surface area contributed by atoms with Crippen molar-refractivity contribution in [1.29, 1.82) is 0 Å². The number of aliphatic carboxylic acids is 1. The van der Waals surface area contributed by atoms with E-state index in [0.29, 0.717) is 22.6 Å². The van der Waals surface area contributed by atoms with E-state index in [-0.39, 0.29) is 17.3 Å². The average molecular weight is 517 g/mol. The summed E-state index contributed by atoms with van der Waals surface area (Å²) < 4.78 is 12.2. The summed E-state index contributed by atoms with van der Waals surface area (Å²) in [5.41, 5.74) is 1.39. The molecule has 164 valence electrons. The summed E-state index contributed by atoms with van der Waals surface area (Å²) in [6.45, 7) is 0.262. The van der Waals surface area contributed by atoms with Crippen molar-refractivity contribution in [3.8, 4) is 11.5 Å². The maximum Gasteiger partial charge on any atom is 0.352 e. The summed E-state index contributed by atoms with van der Waals surface area (Å²) in [7, 11) is 1.46. The molecule has 0 heterocycles. The molecule has 6 nitrogen and oxygen atoms in total. The molecule has 0 unspecified atom stereocenters. The van der Waals surface area contributed by atoms with E-state index in [1.165, 1.54) is 19.3 Å². The van der Waals surface area contributed by atoms with Gasteiger partial charge in [0, 0.05) is 10.0 Å². The SMILES string of the molecule is COc1cc(/C=C(/NC(=O)c2ccccc2)C(=O)O)cc(Cl)c1OCc1cccc(Br)c1. The fourth-order valence-corrected chi connectivity index (χ4v) is 3.57. The first-order chi connectivity index (χ1) is 15.4. The Bertz CT molecular complexity index is 1160. The number of halogens is 2. The standard InChI is InChI=1S/C24H19BrClNO5/c1-31-21-13-16(11-19(26)22(21)32-14-15-6-5-9-18(25)10-15)12-20(24(29)30)27-23(28)17-7-3-2-4-8-17/h2-13H,14H2,1H3,(H,27,28)(H,29,30)/b20-12+. The molecule has 0 aromatic heterocycles. The van der Waals surface area contributed by atoms with Crippen molar-refractivity contribution in [2.75, 3.05) is 7.11 Å². The van der Waals surface area contributed by atoms with Gasteiger partial charge in [0.1, 0.15) is 12.3 Å². The van der Waals surface area contributed by atoms with Gasteiger partial charge < -0.3 is 19.9 Å². The van der Waals surface area contributed by atoms with Crippen LogP contribution < -0.4 is 14.8 Å². The van der Waals surface area contributed by atoms with E-state index in [0.717, 1.165) is 10.0 Å². The highest BCUT2D eigenvalue weighted by atomic mass is 79.9. The number of hydrogen-bond donors (Lipinski definition) is 2. The smallest absolute Gasteiger partial charge is 0.352 e. The summed E-state index contributed by atoms with van der Waals surface area (Å²) in [5.74, 6) is -1.17. The Labute approximate surface area is 198 Å². The minimum atomic E-state index is -1.29. The van der Waals surface area contributed by atoms with E-state index in [9.17, 15) is 14.7 Å². The second-order valence-corrected chi connectivity index (χ2v) is 7.96. The first kappa shape index (κ1) is 23.4. The van der Waals surface area contributed by atoms with Gasteiger partial charge >= 0.3 is 5.97 Å². The first-order valence-electron chi connectivity index (χ1n) is 9.43. The lowest BCUT2D eigenvalue weighted by Gasteiger charge is -2.14. The van der Waals surface area contributed by atoms with Crippen molar-refractivity contribution in [3.05, 3.63) is 98.6 Å². The molecule has 1 amide bonds. The molecule has 0 aliphatic carbocycles. The monoisotopic (exact) mass is 515 g/mol. The molecule has 0 aliphatic heterocycles. The molecule has 3 rings (SSSR count). The number of carbonyl (C=O) groups is 2. The predicted molar refractivity (Wildman–Crippen MR) is 126 cm³/mol. The molecule has 0 saturated heterocycles. The Morgan fingerprint density at radius 1 is 1.09 bits per heavy atom. The number of hydrogen-bond acceptors (Lipinski definition) is 4. The maximum atomic E-state index is 12.3. The number of carboxylic acid groups (broad SMARTS) is 1. The van der Waals surface area contributed by atoms with Gasteiger partial charge in [0.05, 0.1) is 12.1 Å². The Kier molecular flexibility index (Phi) is 7.92. The molecule has 32 heavy (non-hydrogen) atoms. The van der Waals surface area contributed by atoms with Crippen LogP contribution in [0, 0.1) is 0 Å². The van der Waals surface area contributed by atoms with Gasteiger partial charge in [0.15, 0.2) is 11.5 Å². The van der Waals surface area contributed by atoms with Gasteiger partial charge in [-0.05, 0) is 53.6 Å². The Balaban J connectivity index is 1.84. The third-order valence-corrected chi connectivity index (χ3v) is 5.12. The predicted octanol–water partition coefficient (Wildman–Crippen LogP) is 5.55. The fourth-order valence-electron chi connectivity index (χ4n) is 2.85. The van der Waals surface area contributed by atoms with Crippen molar-refractivity contribution in [1.82, 2.24) is 5.32 Å². The molecule has 0 spiro atoms. The topological polar surface area (TPSA) is 84.9 Å². The van der Waals surface area contributed by atoms with Crippen molar-refractivity contribution in [2.24, 2.45) is 0 Å². The molecule has 0 aliphatic rings. The van der Waals surface area contributed by atoms with Gasteiger partial charge in [0.2, 0.25) is 0 Å². The van der Waals surface area contributed by atoms with Crippen LogP contribution in [0.3, 0.4) is 0 Å². The van der Waals surface area contributed by atoms with Crippen molar-refractivity contribution >= 4 is 45.5 Å². The van der Waals surface area contributed by atoms with Crippen molar-refractivity contribution in [2.45, 2.75) is 6.61 Å². The number of methoxy groups -OCH3 is 1. The van der Waals surface area contributed by atoms with Crippen LogP contribution >= 0.6 is 27.5 Å². The zero-order chi connectivity index (χ0) is 23.1. The highest BCUT2D eigenvalue weighted by molar-refractivity contribution is 9.10. The van der Waals surface area contributed by atoms with E-state index < -0.39 is 11.9 Å². The van der Waals surface area contributed by atoms with Crippen LogP contribution in [0.1, 0.15) is 21.5 Å². The minimum Gasteiger partial charge on any atom is -0.493 e. The average Bonchev–Trinajstić information content (AvgIpc) is 2.78. The van der Waals surface area contributed by atoms with Gasteiger partial charge in [-0.2, -0.15) is 0 Å². The zero-order valence-electron chi connectivity index (χ0n) is 17.0. The number of carboxylic acids is 1. The largest absolute Gasteiger partial charge is 0.493 e. The number of nitrogens with one attached hydrogen (secondary N) is 1. The normalized spacial score (nSPS) is 11.0. The van der Waals surface area contributed by atoms with Crippen molar-refractivity contribution < 1.29 is 24.2 Å². The summed E-state index contributed by atoms with van der Waals surface area (Å²) in [6, 6.07) is 19.1. The van der Waals surface area contributed by atoms with Crippen LogP contribution in [0.2, 0.25) is 5.02 Å². The highest BCUT2D eigenvalue weighted by Gasteiger charge is 2.16. The van der Waals surface area contributed by atoms with E-state index in [1.807, 2.05) is 24.3 Å². The van der Waals surface area contributed by atoms with Crippen LogP contribution in [0.15, 0.2) is 76.9 Å². The lowest BCUT2D eigenvalue weighted by atomic mass is 10.1. The van der Waals surface area contributed by atoms with E-state index in [1.54, 1.807) is 36.4 Å². The highest BCUT2D eigenvalue weighted by Crippen LogP contribution is 2.37. The molecule has 0 atom stereocenters. The molecule has 0 fully saturated rings. The lowest BCUT2D eigenvalue weighted by molar-refractivity contribution is -0.132. The number of carbonyl (C=O) groups excluding carboxylic acids is 1. The van der Waals surface area contributed by atoms with E-state index >= 15 is 0 Å². The van der Waals surface area contributed by atoms with Crippen LogP contribution in [0.4, 0.5) is 0 Å². The van der Waals surface area contributed by atoms with Crippen LogP contribution in [0.5, 0.6) is 11.5 Å². The second kappa shape index (κ2) is 10.8. The van der Waals surface area contributed by atoms with Gasteiger partial charge in [-0.1, -0.05) is 57.9 Å². The summed E-state index contributed by atoms with van der Waals surface area (Å²) in [4.78, 5) is 24.0. The third kappa shape index (κ3) is 6.12. The van der Waals surface area contributed by atoms with Crippen LogP contribution in [-0.2, 0) is 11.4 Å². The quantitative estimate of drug-likeness (QED) is 0.384. The Morgan fingerprint density at radius 3 is 2.50 bits per heavy atom. The van der Waals surface area contributed by atoms with Crippen LogP contribution in [0.25, 0.3) is 6.08 Å². The molecule has 0 radical (unpaired) electrons. The molecule has 2 N–H and O–H groups in total. The van der Waals surface area contributed by atoms with Crippen molar-refractivity contribution in [3.63, 3.8) is 0 Å². The second-order valence-electron chi connectivity index (χ2n) is 6.64. The molecular formula is C24H19BrClNO5. The van der Waals surface area contributed by atoms with E-state index in [2.05, 4.69) is 21.2 Å². The minimum absolute atomic E-state index is 0.240. The van der Waals surface area contributed by atoms with Gasteiger partial charge in [-0.15, -0.1) is 0 Å². The molecule has 3 aromatic carbocycles. The third-order valence-electron chi connectivity index (χ3n) is 4.35. The van der Waals surface area contributed by atoms with Gasteiger partial charge in [-0.25, -0.2) is 4.79 Å². The van der Waals surface area contributed by atoms with E-state index in [4.69, 9.17) is 21.1 Å². The lowest BCUT2D eigenvalue weighted by Crippen LogP contribution is -2.27. The number of ether oxygens (including phenoxy) is 2.